The van der Waals surface area contributed by atoms with Crippen LogP contribution in [0, 0.1) is 11.8 Å². The van der Waals surface area contributed by atoms with Gasteiger partial charge in [0.05, 0.1) is 23.1 Å². The number of carbonyl (C=O) groups excluding carboxylic acids is 5. The van der Waals surface area contributed by atoms with Crippen LogP contribution in [0.4, 0.5) is 11.4 Å². The van der Waals surface area contributed by atoms with Gasteiger partial charge in [-0.25, -0.2) is 9.69 Å². The standard InChI is InChI=1S/C35H26N2O6/c1-19(38)20-8-6-10-22(16-20)36-28(39)18-43-35(42)21-9-7-11-23(17-21)37-33(40)31-29-24-12-2-3-13-25(24)30(32(31)34(37)41)27-15-5-4-14-26(27)29/h2-17,29-32H,18H2,1H3,(H,36,39)/t29?,30?,31-,32+. The van der Waals surface area contributed by atoms with E-state index in [1.807, 2.05) is 48.5 Å². The maximum absolute atomic E-state index is 14.0. The van der Waals surface area contributed by atoms with Crippen LogP contribution in [-0.2, 0) is 19.1 Å². The second-order valence-corrected chi connectivity index (χ2v) is 11.1. The van der Waals surface area contributed by atoms with Gasteiger partial charge in [0, 0.05) is 23.1 Å². The number of nitrogens with zero attached hydrogens (tertiary/aromatic N) is 1. The van der Waals surface area contributed by atoms with Gasteiger partial charge >= 0.3 is 5.97 Å². The monoisotopic (exact) mass is 570 g/mol. The molecule has 0 saturated carbocycles. The molecule has 4 aromatic rings. The number of ether oxygens (including phenoxy) is 1. The van der Waals surface area contributed by atoms with Gasteiger partial charge in [0.25, 0.3) is 5.91 Å². The van der Waals surface area contributed by atoms with E-state index in [0.29, 0.717) is 11.3 Å². The number of anilines is 2. The summed E-state index contributed by atoms with van der Waals surface area (Å²) >= 11 is 0. The van der Waals surface area contributed by atoms with Crippen molar-refractivity contribution in [3.8, 4) is 0 Å². The number of rotatable bonds is 6. The van der Waals surface area contributed by atoms with Gasteiger partial charge in [-0.05, 0) is 59.5 Å². The van der Waals surface area contributed by atoms with Gasteiger partial charge in [-0.2, -0.15) is 0 Å². The third-order valence-corrected chi connectivity index (χ3v) is 8.68. The number of hydrogen-bond donors (Lipinski definition) is 1. The van der Waals surface area contributed by atoms with Crippen LogP contribution in [-0.4, -0.2) is 36.1 Å². The van der Waals surface area contributed by atoms with Crippen LogP contribution in [0.3, 0.4) is 0 Å². The van der Waals surface area contributed by atoms with E-state index in [1.165, 1.54) is 30.0 Å². The van der Waals surface area contributed by atoms with E-state index in [2.05, 4.69) is 5.32 Å². The van der Waals surface area contributed by atoms with Gasteiger partial charge in [-0.15, -0.1) is 0 Å². The molecule has 2 atom stereocenters. The molecule has 0 spiro atoms. The highest BCUT2D eigenvalue weighted by atomic mass is 16.5. The summed E-state index contributed by atoms with van der Waals surface area (Å²) in [4.78, 5) is 66.2. The number of imide groups is 1. The number of hydrogen-bond acceptors (Lipinski definition) is 6. The van der Waals surface area contributed by atoms with Crippen molar-refractivity contribution >= 4 is 40.8 Å². The van der Waals surface area contributed by atoms with Crippen molar-refractivity contribution in [2.24, 2.45) is 11.8 Å². The van der Waals surface area contributed by atoms with Gasteiger partial charge in [0.15, 0.2) is 12.4 Å². The molecule has 1 saturated heterocycles. The lowest BCUT2D eigenvalue weighted by molar-refractivity contribution is -0.122. The number of esters is 1. The molecule has 1 fully saturated rings. The molecule has 3 aliphatic carbocycles. The number of ketones is 1. The predicted molar refractivity (Wildman–Crippen MR) is 158 cm³/mol. The van der Waals surface area contributed by atoms with Crippen LogP contribution in [0.25, 0.3) is 0 Å². The Hall–Kier alpha value is -5.37. The molecule has 8 rings (SSSR count). The highest BCUT2D eigenvalue weighted by Crippen LogP contribution is 2.61. The smallest absolute Gasteiger partial charge is 0.338 e. The van der Waals surface area contributed by atoms with Crippen molar-refractivity contribution in [1.82, 2.24) is 0 Å². The Morgan fingerprint density at radius 2 is 1.23 bits per heavy atom. The van der Waals surface area contributed by atoms with Crippen LogP contribution in [0.5, 0.6) is 0 Å². The SMILES string of the molecule is CC(=O)c1cccc(NC(=O)COC(=O)c2cccc(N3C(=O)[C@@H]4C5c6ccccc6C(c6ccccc65)[C@@H]4C3=O)c2)c1. The van der Waals surface area contributed by atoms with E-state index >= 15 is 0 Å². The summed E-state index contributed by atoms with van der Waals surface area (Å²) in [5, 5.41) is 2.60. The van der Waals surface area contributed by atoms with Gasteiger partial charge < -0.3 is 10.1 Å². The second kappa shape index (κ2) is 10.2. The summed E-state index contributed by atoms with van der Waals surface area (Å²) in [5.41, 5.74) is 5.57. The first kappa shape index (κ1) is 26.5. The van der Waals surface area contributed by atoms with E-state index in [0.717, 1.165) is 22.3 Å². The zero-order valence-electron chi connectivity index (χ0n) is 23.2. The first-order chi connectivity index (χ1) is 20.8. The molecule has 8 heteroatoms. The predicted octanol–water partition coefficient (Wildman–Crippen LogP) is 5.08. The normalized spacial score (nSPS) is 21.1. The molecule has 0 radical (unpaired) electrons. The van der Waals surface area contributed by atoms with Gasteiger partial charge in [0.1, 0.15) is 0 Å². The number of nitrogens with one attached hydrogen (secondary N) is 1. The summed E-state index contributed by atoms with van der Waals surface area (Å²) < 4.78 is 5.23. The molecule has 43 heavy (non-hydrogen) atoms. The number of Topliss-reactive ketones (excluding diaryl/α,β-unsaturated/α-hetero) is 1. The average Bonchev–Trinajstić information content (AvgIpc) is 3.30. The van der Waals surface area contributed by atoms with Crippen LogP contribution in [0.2, 0.25) is 0 Å². The lowest BCUT2D eigenvalue weighted by Gasteiger charge is -2.45. The largest absolute Gasteiger partial charge is 0.452 e. The maximum atomic E-state index is 14.0. The fraction of sp³-hybridized carbons (Fsp3) is 0.171. The molecule has 3 amide bonds. The van der Waals surface area contributed by atoms with Crippen molar-refractivity contribution in [3.05, 3.63) is 130 Å². The summed E-state index contributed by atoms with van der Waals surface area (Å²) in [7, 11) is 0. The number of amides is 3. The molecule has 212 valence electrons. The Labute approximate surface area is 247 Å². The minimum atomic E-state index is -0.772. The van der Waals surface area contributed by atoms with Gasteiger partial charge in [-0.1, -0.05) is 66.7 Å². The molecule has 4 aromatic carbocycles. The lowest BCUT2D eigenvalue weighted by Crippen LogP contribution is -2.41. The fourth-order valence-electron chi connectivity index (χ4n) is 6.93. The van der Waals surface area contributed by atoms with E-state index in [-0.39, 0.29) is 40.7 Å². The topological polar surface area (TPSA) is 110 Å². The van der Waals surface area contributed by atoms with E-state index < -0.39 is 30.3 Å². The zero-order valence-corrected chi connectivity index (χ0v) is 23.2. The minimum absolute atomic E-state index is 0.105. The third-order valence-electron chi connectivity index (χ3n) is 8.68. The Morgan fingerprint density at radius 1 is 0.698 bits per heavy atom. The van der Waals surface area contributed by atoms with Gasteiger partial charge in [0.2, 0.25) is 11.8 Å². The van der Waals surface area contributed by atoms with E-state index in [4.69, 9.17) is 4.74 Å². The maximum Gasteiger partial charge on any atom is 0.338 e. The number of carbonyl (C=O) groups is 5. The zero-order chi connectivity index (χ0) is 29.8. The van der Waals surface area contributed by atoms with Crippen LogP contribution < -0.4 is 10.2 Å². The van der Waals surface area contributed by atoms with Crippen molar-refractivity contribution in [2.45, 2.75) is 18.8 Å². The quantitative estimate of drug-likeness (QED) is 0.197. The lowest BCUT2D eigenvalue weighted by atomic mass is 9.55. The third kappa shape index (κ3) is 4.25. The molecule has 0 aromatic heterocycles. The Bertz CT molecular complexity index is 1750. The number of benzene rings is 4. The summed E-state index contributed by atoms with van der Waals surface area (Å²) in [6.07, 6.45) is 0. The van der Waals surface area contributed by atoms with Crippen molar-refractivity contribution in [3.63, 3.8) is 0 Å². The molecule has 0 unspecified atom stereocenters. The summed E-state index contributed by atoms with van der Waals surface area (Å²) in [6.45, 7) is 0.870. The Kier molecular flexibility index (Phi) is 6.27. The van der Waals surface area contributed by atoms with Crippen molar-refractivity contribution in [2.75, 3.05) is 16.8 Å². The average molecular weight is 571 g/mol. The minimum Gasteiger partial charge on any atom is -0.452 e. The Balaban J connectivity index is 1.11. The molecule has 8 nitrogen and oxygen atoms in total. The summed E-state index contributed by atoms with van der Waals surface area (Å²) in [6, 6.07) is 28.7. The van der Waals surface area contributed by atoms with Crippen molar-refractivity contribution in [1.29, 1.82) is 0 Å². The fourth-order valence-corrected chi connectivity index (χ4v) is 6.93. The van der Waals surface area contributed by atoms with E-state index in [9.17, 15) is 24.0 Å². The van der Waals surface area contributed by atoms with Crippen LogP contribution >= 0.6 is 0 Å². The highest BCUT2D eigenvalue weighted by Gasteiger charge is 2.61. The molecular formula is C35H26N2O6. The molecule has 1 N–H and O–H groups in total. The molecule has 1 heterocycles. The van der Waals surface area contributed by atoms with Gasteiger partial charge in [-0.3, -0.25) is 19.2 Å². The van der Waals surface area contributed by atoms with Crippen LogP contribution in [0.1, 0.15) is 61.7 Å². The first-order valence-corrected chi connectivity index (χ1v) is 14.1. The molecule has 4 aliphatic rings. The molecule has 1 aliphatic heterocycles. The highest BCUT2D eigenvalue weighted by molar-refractivity contribution is 6.23. The van der Waals surface area contributed by atoms with Crippen LogP contribution in [0.15, 0.2) is 97.1 Å². The molecule has 2 bridgehead atoms. The Morgan fingerprint density at radius 3 is 1.79 bits per heavy atom. The van der Waals surface area contributed by atoms with Crippen molar-refractivity contribution < 1.29 is 28.7 Å². The van der Waals surface area contributed by atoms with E-state index in [1.54, 1.807) is 30.3 Å². The second-order valence-electron chi connectivity index (χ2n) is 11.1. The summed E-state index contributed by atoms with van der Waals surface area (Å²) in [5.74, 6) is -3.60. The first-order valence-electron chi connectivity index (χ1n) is 14.1. The molecular weight excluding hydrogens is 544 g/mol.